The number of benzene rings is 1. The maximum Gasteiger partial charge on any atom is 0.401 e. The van der Waals surface area contributed by atoms with Crippen LogP contribution in [0.4, 0.5) is 18.9 Å². The van der Waals surface area contributed by atoms with Crippen LogP contribution >= 0.6 is 0 Å². The van der Waals surface area contributed by atoms with Crippen molar-refractivity contribution in [1.29, 1.82) is 0 Å². The van der Waals surface area contributed by atoms with Crippen molar-refractivity contribution >= 4 is 5.69 Å². The number of anilines is 1. The average molecular weight is 306 g/mol. The number of aliphatic hydroxyl groups is 1. The molecule has 0 bridgehead atoms. The van der Waals surface area contributed by atoms with Crippen molar-refractivity contribution in [2.45, 2.75) is 25.6 Å². The third kappa shape index (κ3) is 7.77. The van der Waals surface area contributed by atoms with Crippen molar-refractivity contribution in [1.82, 2.24) is 4.90 Å². The highest BCUT2D eigenvalue weighted by molar-refractivity contribution is 5.43. The number of nitrogens with zero attached hydrogens (tertiary/aromatic N) is 1. The molecule has 4 nitrogen and oxygen atoms in total. The van der Waals surface area contributed by atoms with Crippen LogP contribution in [0.25, 0.3) is 0 Å². The lowest BCUT2D eigenvalue weighted by atomic mass is 10.3. The Morgan fingerprint density at radius 3 is 2.67 bits per heavy atom. The Bertz CT molecular complexity index is 427. The van der Waals surface area contributed by atoms with Crippen molar-refractivity contribution in [2.75, 3.05) is 32.0 Å². The van der Waals surface area contributed by atoms with E-state index in [4.69, 9.17) is 10.5 Å². The van der Waals surface area contributed by atoms with Crippen LogP contribution < -0.4 is 10.5 Å². The van der Waals surface area contributed by atoms with Gasteiger partial charge in [0.25, 0.3) is 0 Å². The molecule has 1 atom stereocenters. The van der Waals surface area contributed by atoms with Gasteiger partial charge in [-0.3, -0.25) is 4.90 Å². The third-order valence-corrected chi connectivity index (χ3v) is 2.71. The van der Waals surface area contributed by atoms with Gasteiger partial charge in [-0.1, -0.05) is 13.0 Å². The topological polar surface area (TPSA) is 58.7 Å². The lowest BCUT2D eigenvalue weighted by Crippen LogP contribution is -2.41. The van der Waals surface area contributed by atoms with Gasteiger partial charge in [-0.15, -0.1) is 0 Å². The molecule has 0 amide bonds. The molecular weight excluding hydrogens is 285 g/mol. The molecular formula is C14H21F3N2O2. The lowest BCUT2D eigenvalue weighted by Gasteiger charge is -2.25. The van der Waals surface area contributed by atoms with E-state index in [0.717, 1.165) is 0 Å². The molecule has 0 saturated carbocycles. The molecule has 21 heavy (non-hydrogen) atoms. The highest BCUT2D eigenvalue weighted by atomic mass is 19.4. The summed E-state index contributed by atoms with van der Waals surface area (Å²) in [5.74, 6) is 0.479. The van der Waals surface area contributed by atoms with Crippen molar-refractivity contribution in [3.8, 4) is 5.75 Å². The Hall–Kier alpha value is -1.47. The van der Waals surface area contributed by atoms with Crippen molar-refractivity contribution in [2.24, 2.45) is 0 Å². The smallest absolute Gasteiger partial charge is 0.401 e. The minimum atomic E-state index is -4.27. The van der Waals surface area contributed by atoms with E-state index >= 15 is 0 Å². The number of halogens is 3. The van der Waals surface area contributed by atoms with Gasteiger partial charge in [0.05, 0.1) is 6.54 Å². The van der Waals surface area contributed by atoms with Crippen molar-refractivity contribution in [3.05, 3.63) is 24.3 Å². The fourth-order valence-electron chi connectivity index (χ4n) is 1.95. The number of hydrogen-bond donors (Lipinski definition) is 2. The van der Waals surface area contributed by atoms with E-state index < -0.39 is 18.8 Å². The minimum Gasteiger partial charge on any atom is -0.491 e. The largest absolute Gasteiger partial charge is 0.491 e. The van der Waals surface area contributed by atoms with Crippen LogP contribution in [-0.2, 0) is 0 Å². The summed E-state index contributed by atoms with van der Waals surface area (Å²) >= 11 is 0. The summed E-state index contributed by atoms with van der Waals surface area (Å²) in [7, 11) is 0. The Morgan fingerprint density at radius 1 is 1.38 bits per heavy atom. The summed E-state index contributed by atoms with van der Waals surface area (Å²) in [5, 5.41) is 9.81. The molecule has 7 heteroatoms. The quantitative estimate of drug-likeness (QED) is 0.724. The SMILES string of the molecule is CCCN(CC(O)COc1cccc(N)c1)CC(F)(F)F. The molecule has 0 saturated heterocycles. The van der Waals surface area contributed by atoms with Crippen LogP contribution in [0.2, 0.25) is 0 Å². The molecule has 0 radical (unpaired) electrons. The van der Waals surface area contributed by atoms with Crippen LogP contribution in [-0.4, -0.2) is 48.5 Å². The van der Waals surface area contributed by atoms with Crippen molar-refractivity contribution in [3.63, 3.8) is 0 Å². The maximum atomic E-state index is 12.4. The van der Waals surface area contributed by atoms with Crippen LogP contribution in [0.1, 0.15) is 13.3 Å². The molecule has 0 aliphatic heterocycles. The first-order chi connectivity index (χ1) is 9.80. The monoisotopic (exact) mass is 306 g/mol. The minimum absolute atomic E-state index is 0.0818. The van der Waals surface area contributed by atoms with E-state index in [1.807, 2.05) is 0 Å². The van der Waals surface area contributed by atoms with Gasteiger partial charge in [0.1, 0.15) is 18.5 Å². The number of hydrogen-bond acceptors (Lipinski definition) is 4. The summed E-state index contributed by atoms with van der Waals surface area (Å²) in [4.78, 5) is 1.17. The van der Waals surface area contributed by atoms with E-state index in [0.29, 0.717) is 17.9 Å². The summed E-state index contributed by atoms with van der Waals surface area (Å²) in [6, 6.07) is 6.65. The molecule has 0 aromatic heterocycles. The van der Waals surface area contributed by atoms with E-state index in [1.165, 1.54) is 4.90 Å². The first-order valence-corrected chi connectivity index (χ1v) is 6.75. The third-order valence-electron chi connectivity index (χ3n) is 2.71. The van der Waals surface area contributed by atoms with E-state index in [1.54, 1.807) is 31.2 Å². The normalized spacial score (nSPS) is 13.4. The molecule has 0 fully saturated rings. The van der Waals surface area contributed by atoms with Gasteiger partial charge in [-0.2, -0.15) is 13.2 Å². The predicted octanol–water partition coefficient (Wildman–Crippen LogP) is 2.28. The number of aliphatic hydroxyl groups excluding tert-OH is 1. The Morgan fingerprint density at radius 2 is 2.10 bits per heavy atom. The van der Waals surface area contributed by atoms with E-state index in [2.05, 4.69) is 0 Å². The molecule has 3 N–H and O–H groups in total. The number of ether oxygens (including phenoxy) is 1. The van der Waals surface area contributed by atoms with Crippen LogP contribution in [0.5, 0.6) is 5.75 Å². The molecule has 1 rings (SSSR count). The van der Waals surface area contributed by atoms with E-state index in [-0.39, 0.29) is 19.7 Å². The van der Waals surface area contributed by atoms with E-state index in [9.17, 15) is 18.3 Å². The fourth-order valence-corrected chi connectivity index (χ4v) is 1.95. The zero-order valence-electron chi connectivity index (χ0n) is 11.9. The second kappa shape index (κ2) is 8.09. The van der Waals surface area contributed by atoms with Gasteiger partial charge in [0.15, 0.2) is 0 Å². The molecule has 1 unspecified atom stereocenters. The summed E-state index contributed by atoms with van der Waals surface area (Å²) in [6.07, 6.45) is -4.69. The Kier molecular flexibility index (Phi) is 6.77. The Labute approximate surface area is 122 Å². The van der Waals surface area contributed by atoms with Gasteiger partial charge >= 0.3 is 6.18 Å². The zero-order chi connectivity index (χ0) is 15.9. The van der Waals surface area contributed by atoms with Gasteiger partial charge in [0, 0.05) is 18.3 Å². The maximum absolute atomic E-state index is 12.4. The fraction of sp³-hybridized carbons (Fsp3) is 0.571. The summed E-state index contributed by atoms with van der Waals surface area (Å²) in [5.41, 5.74) is 6.10. The van der Waals surface area contributed by atoms with Gasteiger partial charge in [0.2, 0.25) is 0 Å². The number of nitrogen functional groups attached to an aromatic ring is 1. The molecule has 0 heterocycles. The van der Waals surface area contributed by atoms with Crippen molar-refractivity contribution < 1.29 is 23.0 Å². The average Bonchev–Trinajstić information content (AvgIpc) is 2.35. The standard InChI is InChI=1S/C14H21F3N2O2/c1-2-6-19(10-14(15,16)17)8-12(20)9-21-13-5-3-4-11(18)7-13/h3-5,7,12,20H,2,6,8-10,18H2,1H3. The second-order valence-corrected chi connectivity index (χ2v) is 4.89. The highest BCUT2D eigenvalue weighted by Gasteiger charge is 2.31. The first-order valence-electron chi connectivity index (χ1n) is 6.75. The molecule has 0 spiro atoms. The number of alkyl halides is 3. The highest BCUT2D eigenvalue weighted by Crippen LogP contribution is 2.17. The molecule has 0 aliphatic carbocycles. The predicted molar refractivity (Wildman–Crippen MR) is 75.1 cm³/mol. The molecule has 0 aliphatic rings. The number of rotatable bonds is 8. The number of nitrogens with two attached hydrogens (primary N) is 1. The molecule has 1 aromatic rings. The van der Waals surface area contributed by atoms with Crippen LogP contribution in [0, 0.1) is 0 Å². The second-order valence-electron chi connectivity index (χ2n) is 4.89. The molecule has 1 aromatic carbocycles. The first kappa shape index (κ1) is 17.6. The van der Waals surface area contributed by atoms with Gasteiger partial charge in [-0.05, 0) is 25.1 Å². The molecule has 120 valence electrons. The van der Waals surface area contributed by atoms with Crippen LogP contribution in [0.15, 0.2) is 24.3 Å². The Balaban J connectivity index is 2.44. The van der Waals surface area contributed by atoms with Gasteiger partial charge in [-0.25, -0.2) is 0 Å². The summed E-state index contributed by atoms with van der Waals surface area (Å²) < 4.78 is 42.5. The summed E-state index contributed by atoms with van der Waals surface area (Å²) in [6.45, 7) is 0.862. The zero-order valence-corrected chi connectivity index (χ0v) is 11.9. The van der Waals surface area contributed by atoms with Gasteiger partial charge < -0.3 is 15.6 Å². The lowest BCUT2D eigenvalue weighted by molar-refractivity contribution is -0.149. The van der Waals surface area contributed by atoms with Crippen LogP contribution in [0.3, 0.4) is 0 Å².